The van der Waals surface area contributed by atoms with Gasteiger partial charge >= 0.3 is 5.97 Å². The summed E-state index contributed by atoms with van der Waals surface area (Å²) in [5.74, 6) is -0.315. The Labute approximate surface area is 126 Å². The van der Waals surface area contributed by atoms with E-state index in [9.17, 15) is 4.79 Å². The van der Waals surface area contributed by atoms with Gasteiger partial charge in [-0.3, -0.25) is 0 Å². The molecule has 0 bridgehead atoms. The number of nitrogens with two attached hydrogens (primary N) is 1. The summed E-state index contributed by atoms with van der Waals surface area (Å²) in [6.45, 7) is 4.45. The predicted octanol–water partition coefficient (Wildman–Crippen LogP) is 1.81. The molecule has 0 amide bonds. The van der Waals surface area contributed by atoms with Crippen molar-refractivity contribution in [1.82, 2.24) is 0 Å². The van der Waals surface area contributed by atoms with Crippen molar-refractivity contribution in [1.29, 1.82) is 0 Å². The third-order valence-corrected chi connectivity index (χ3v) is 3.78. The van der Waals surface area contributed by atoms with Crippen molar-refractivity contribution in [3.63, 3.8) is 0 Å². The summed E-state index contributed by atoms with van der Waals surface area (Å²) in [6.07, 6.45) is 1.92. The molecular weight excluding hydrogens is 268 g/mol. The van der Waals surface area contributed by atoms with Crippen LogP contribution in [0, 0.1) is 0 Å². The number of methoxy groups -OCH3 is 1. The highest BCUT2D eigenvalue weighted by molar-refractivity contribution is 5.90. The lowest BCUT2D eigenvalue weighted by molar-refractivity contribution is 0.0310. The maximum atomic E-state index is 11.6. The van der Waals surface area contributed by atoms with E-state index in [1.807, 2.05) is 18.2 Å². The largest absolute Gasteiger partial charge is 0.465 e. The van der Waals surface area contributed by atoms with Gasteiger partial charge in [-0.05, 0) is 31.0 Å². The topological polar surface area (TPSA) is 64.8 Å². The molecule has 2 rings (SSSR count). The SMILES string of the molecule is CCCOC1CN(c2cccc(C(=O)OC)c2)CCC1N. The van der Waals surface area contributed by atoms with E-state index in [2.05, 4.69) is 11.8 Å². The molecule has 1 aliphatic rings. The number of carbonyl (C=O) groups is 1. The number of esters is 1. The first kappa shape index (κ1) is 15.8. The number of ether oxygens (including phenoxy) is 2. The standard InChI is InChI=1S/C16H24N2O3/c1-3-9-21-15-11-18(8-7-14(15)17)13-6-4-5-12(10-13)16(19)20-2/h4-6,10,14-15H,3,7-9,11,17H2,1-2H3. The molecule has 2 N–H and O–H groups in total. The van der Waals surface area contributed by atoms with Crippen molar-refractivity contribution in [2.45, 2.75) is 31.9 Å². The van der Waals surface area contributed by atoms with E-state index in [1.165, 1.54) is 7.11 Å². The van der Waals surface area contributed by atoms with Gasteiger partial charge in [0.05, 0.1) is 18.8 Å². The normalized spacial score (nSPS) is 22.1. The summed E-state index contributed by atoms with van der Waals surface area (Å²) in [7, 11) is 1.39. The van der Waals surface area contributed by atoms with Crippen LogP contribution in [0.3, 0.4) is 0 Å². The van der Waals surface area contributed by atoms with Crippen LogP contribution >= 0.6 is 0 Å². The van der Waals surface area contributed by atoms with E-state index < -0.39 is 0 Å². The summed E-state index contributed by atoms with van der Waals surface area (Å²) in [6, 6.07) is 7.57. The average molecular weight is 292 g/mol. The van der Waals surface area contributed by atoms with Gasteiger partial charge in [-0.2, -0.15) is 0 Å². The average Bonchev–Trinajstić information content (AvgIpc) is 2.53. The van der Waals surface area contributed by atoms with E-state index in [0.717, 1.165) is 38.2 Å². The summed E-state index contributed by atoms with van der Waals surface area (Å²) in [5, 5.41) is 0. The van der Waals surface area contributed by atoms with Crippen molar-refractivity contribution in [2.24, 2.45) is 5.73 Å². The van der Waals surface area contributed by atoms with Crippen molar-refractivity contribution >= 4 is 11.7 Å². The van der Waals surface area contributed by atoms with Gasteiger partial charge < -0.3 is 20.1 Å². The number of piperidine rings is 1. The lowest BCUT2D eigenvalue weighted by atomic mass is 10.0. The maximum Gasteiger partial charge on any atom is 0.337 e. The third kappa shape index (κ3) is 3.95. The van der Waals surface area contributed by atoms with Crippen LogP contribution in [0.1, 0.15) is 30.1 Å². The van der Waals surface area contributed by atoms with Crippen LogP contribution in [0.25, 0.3) is 0 Å². The fourth-order valence-electron chi connectivity index (χ4n) is 2.56. The van der Waals surface area contributed by atoms with E-state index in [-0.39, 0.29) is 18.1 Å². The van der Waals surface area contributed by atoms with Gasteiger partial charge in [0.25, 0.3) is 0 Å². The Hall–Kier alpha value is -1.59. The van der Waals surface area contributed by atoms with Gasteiger partial charge in [-0.1, -0.05) is 13.0 Å². The first-order chi connectivity index (χ1) is 10.2. The minimum absolute atomic E-state index is 0.0421. The number of hydrogen-bond acceptors (Lipinski definition) is 5. The predicted molar refractivity (Wildman–Crippen MR) is 82.6 cm³/mol. The molecule has 1 saturated heterocycles. The molecule has 1 aromatic carbocycles. The molecule has 0 radical (unpaired) electrons. The lowest BCUT2D eigenvalue weighted by Gasteiger charge is -2.38. The second kappa shape index (κ2) is 7.43. The van der Waals surface area contributed by atoms with Gasteiger partial charge in [0.15, 0.2) is 0 Å². The molecule has 5 heteroatoms. The van der Waals surface area contributed by atoms with Crippen molar-refractivity contribution in [3.05, 3.63) is 29.8 Å². The first-order valence-corrected chi connectivity index (χ1v) is 7.46. The van der Waals surface area contributed by atoms with Gasteiger partial charge in [-0.25, -0.2) is 4.79 Å². The molecule has 0 aliphatic carbocycles. The van der Waals surface area contributed by atoms with Crippen LogP contribution in [-0.2, 0) is 9.47 Å². The van der Waals surface area contributed by atoms with Crippen LogP contribution in [0.5, 0.6) is 0 Å². The monoisotopic (exact) mass is 292 g/mol. The Bertz CT molecular complexity index is 478. The van der Waals surface area contributed by atoms with E-state index in [0.29, 0.717) is 5.56 Å². The second-order valence-electron chi connectivity index (χ2n) is 5.35. The third-order valence-electron chi connectivity index (χ3n) is 3.78. The number of carbonyl (C=O) groups excluding carboxylic acids is 1. The molecule has 0 saturated carbocycles. The first-order valence-electron chi connectivity index (χ1n) is 7.46. The highest BCUT2D eigenvalue weighted by Crippen LogP contribution is 2.22. The summed E-state index contributed by atoms with van der Waals surface area (Å²) in [4.78, 5) is 13.8. The minimum atomic E-state index is -0.315. The molecule has 116 valence electrons. The van der Waals surface area contributed by atoms with Crippen LogP contribution < -0.4 is 10.6 Å². The molecular formula is C16H24N2O3. The van der Waals surface area contributed by atoms with Gasteiger partial charge in [0.1, 0.15) is 0 Å². The Morgan fingerprint density at radius 2 is 2.29 bits per heavy atom. The van der Waals surface area contributed by atoms with Crippen LogP contribution in [0.4, 0.5) is 5.69 Å². The molecule has 2 unspecified atom stereocenters. The van der Waals surface area contributed by atoms with Gasteiger partial charge in [0.2, 0.25) is 0 Å². The number of hydrogen-bond donors (Lipinski definition) is 1. The molecule has 1 fully saturated rings. The molecule has 0 aromatic heterocycles. The van der Waals surface area contributed by atoms with Crippen molar-refractivity contribution in [3.8, 4) is 0 Å². The van der Waals surface area contributed by atoms with Crippen LogP contribution in [0.2, 0.25) is 0 Å². The quantitative estimate of drug-likeness (QED) is 0.838. The fraction of sp³-hybridized carbons (Fsp3) is 0.562. The Kier molecular flexibility index (Phi) is 5.59. The molecule has 1 heterocycles. The van der Waals surface area contributed by atoms with Crippen LogP contribution in [0.15, 0.2) is 24.3 Å². The number of anilines is 1. The number of nitrogens with zero attached hydrogens (tertiary/aromatic N) is 1. The lowest BCUT2D eigenvalue weighted by Crippen LogP contribution is -2.52. The summed E-state index contributed by atoms with van der Waals surface area (Å²) < 4.78 is 10.6. The molecule has 5 nitrogen and oxygen atoms in total. The highest BCUT2D eigenvalue weighted by atomic mass is 16.5. The second-order valence-corrected chi connectivity index (χ2v) is 5.35. The highest BCUT2D eigenvalue weighted by Gasteiger charge is 2.27. The van der Waals surface area contributed by atoms with E-state index in [4.69, 9.17) is 15.2 Å². The zero-order chi connectivity index (χ0) is 15.2. The molecule has 21 heavy (non-hydrogen) atoms. The molecule has 2 atom stereocenters. The Balaban J connectivity index is 2.09. The molecule has 1 aromatic rings. The summed E-state index contributed by atoms with van der Waals surface area (Å²) in [5.41, 5.74) is 7.71. The molecule has 0 spiro atoms. The van der Waals surface area contributed by atoms with Crippen molar-refractivity contribution < 1.29 is 14.3 Å². The zero-order valence-corrected chi connectivity index (χ0v) is 12.7. The molecule has 1 aliphatic heterocycles. The number of rotatable bonds is 5. The van der Waals surface area contributed by atoms with Crippen molar-refractivity contribution in [2.75, 3.05) is 31.7 Å². The minimum Gasteiger partial charge on any atom is -0.465 e. The van der Waals surface area contributed by atoms with Gasteiger partial charge in [0, 0.05) is 31.4 Å². The Morgan fingerprint density at radius 3 is 3.00 bits per heavy atom. The zero-order valence-electron chi connectivity index (χ0n) is 12.7. The van der Waals surface area contributed by atoms with E-state index in [1.54, 1.807) is 6.07 Å². The fourth-order valence-corrected chi connectivity index (χ4v) is 2.56. The Morgan fingerprint density at radius 1 is 1.48 bits per heavy atom. The number of benzene rings is 1. The van der Waals surface area contributed by atoms with Gasteiger partial charge in [-0.15, -0.1) is 0 Å². The summed E-state index contributed by atoms with van der Waals surface area (Å²) >= 11 is 0. The maximum absolute atomic E-state index is 11.6. The smallest absolute Gasteiger partial charge is 0.337 e. The van der Waals surface area contributed by atoms with Crippen LogP contribution in [-0.4, -0.2) is 44.9 Å². The van der Waals surface area contributed by atoms with E-state index >= 15 is 0 Å².